The molecule has 2 aromatic rings. The average Bonchev–Trinajstić information content (AvgIpc) is 2.30. The molecule has 4 nitrogen and oxygen atoms in total. The third-order valence-corrected chi connectivity index (χ3v) is 1.77. The lowest BCUT2D eigenvalue weighted by Crippen LogP contribution is -1.88. The molecule has 1 aromatic carbocycles. The maximum absolute atomic E-state index is 8.61. The molecule has 1 aromatic heterocycles. The van der Waals surface area contributed by atoms with Crippen molar-refractivity contribution in [3.63, 3.8) is 0 Å². The van der Waals surface area contributed by atoms with Gasteiger partial charge in [-0.1, -0.05) is 0 Å². The number of aromatic nitrogens is 3. The molecule has 0 radical (unpaired) electrons. The average molecular weight is 182 g/mol. The van der Waals surface area contributed by atoms with Gasteiger partial charge in [0.15, 0.2) is 5.82 Å². The third-order valence-electron chi connectivity index (χ3n) is 1.77. The zero-order valence-corrected chi connectivity index (χ0v) is 7.25. The zero-order valence-electron chi connectivity index (χ0n) is 7.25. The van der Waals surface area contributed by atoms with Crippen LogP contribution in [-0.4, -0.2) is 15.0 Å². The van der Waals surface area contributed by atoms with E-state index in [2.05, 4.69) is 21.0 Å². The van der Waals surface area contributed by atoms with E-state index in [-0.39, 0.29) is 0 Å². The molecular formula is C10H6N4. The molecule has 0 aliphatic heterocycles. The van der Waals surface area contributed by atoms with Crippen LogP contribution in [0, 0.1) is 11.3 Å². The van der Waals surface area contributed by atoms with Gasteiger partial charge in [-0.3, -0.25) is 0 Å². The van der Waals surface area contributed by atoms with Crippen molar-refractivity contribution in [3.8, 4) is 17.5 Å². The minimum absolute atomic E-state index is 0.615. The van der Waals surface area contributed by atoms with Crippen molar-refractivity contribution in [1.82, 2.24) is 15.0 Å². The second-order valence-corrected chi connectivity index (χ2v) is 2.65. The van der Waals surface area contributed by atoms with Crippen LogP contribution in [0.15, 0.2) is 36.9 Å². The van der Waals surface area contributed by atoms with E-state index in [1.807, 2.05) is 12.1 Å². The lowest BCUT2D eigenvalue weighted by Gasteiger charge is -1.97. The molecule has 66 valence electrons. The predicted molar refractivity (Wildman–Crippen MR) is 50.0 cm³/mol. The molecule has 0 amide bonds. The SMILES string of the molecule is N#Cc1ccc(-c2ncncn2)cc1. The van der Waals surface area contributed by atoms with E-state index in [0.29, 0.717) is 11.4 Å². The minimum atomic E-state index is 0.615. The fraction of sp³-hybridized carbons (Fsp3) is 0. The summed E-state index contributed by atoms with van der Waals surface area (Å²) < 4.78 is 0. The molecule has 1 heterocycles. The summed E-state index contributed by atoms with van der Waals surface area (Å²) in [6, 6.07) is 9.15. The second kappa shape index (κ2) is 3.62. The van der Waals surface area contributed by atoms with Gasteiger partial charge in [-0.25, -0.2) is 15.0 Å². The van der Waals surface area contributed by atoms with Gasteiger partial charge >= 0.3 is 0 Å². The van der Waals surface area contributed by atoms with Gasteiger partial charge in [0.1, 0.15) is 12.7 Å². The van der Waals surface area contributed by atoms with Crippen molar-refractivity contribution in [2.45, 2.75) is 0 Å². The maximum Gasteiger partial charge on any atom is 0.162 e. The Morgan fingerprint density at radius 2 is 1.64 bits per heavy atom. The largest absolute Gasteiger partial charge is 0.225 e. The van der Waals surface area contributed by atoms with Crippen LogP contribution in [0.3, 0.4) is 0 Å². The summed E-state index contributed by atoms with van der Waals surface area (Å²) in [5.74, 6) is 0.615. The monoisotopic (exact) mass is 182 g/mol. The lowest BCUT2D eigenvalue weighted by atomic mass is 10.1. The number of benzene rings is 1. The van der Waals surface area contributed by atoms with Gasteiger partial charge in [-0.15, -0.1) is 0 Å². The van der Waals surface area contributed by atoms with Crippen molar-refractivity contribution in [3.05, 3.63) is 42.5 Å². The van der Waals surface area contributed by atoms with Gasteiger partial charge in [0.25, 0.3) is 0 Å². The number of nitriles is 1. The van der Waals surface area contributed by atoms with E-state index in [0.717, 1.165) is 5.56 Å². The molecule has 0 atom stereocenters. The van der Waals surface area contributed by atoms with Crippen molar-refractivity contribution >= 4 is 0 Å². The maximum atomic E-state index is 8.61. The Kier molecular flexibility index (Phi) is 2.15. The van der Waals surface area contributed by atoms with E-state index in [1.54, 1.807) is 12.1 Å². The molecule has 0 bridgehead atoms. The van der Waals surface area contributed by atoms with Crippen molar-refractivity contribution in [1.29, 1.82) is 5.26 Å². The topological polar surface area (TPSA) is 62.5 Å². The highest BCUT2D eigenvalue weighted by Gasteiger charge is 1.98. The Bertz CT molecular complexity index is 456. The number of hydrogen-bond donors (Lipinski definition) is 0. The molecule has 0 N–H and O–H groups in total. The van der Waals surface area contributed by atoms with Crippen LogP contribution >= 0.6 is 0 Å². The van der Waals surface area contributed by atoms with Gasteiger partial charge in [-0.05, 0) is 24.3 Å². The molecule has 0 spiro atoms. The molecule has 14 heavy (non-hydrogen) atoms. The molecular weight excluding hydrogens is 176 g/mol. The first-order valence-electron chi connectivity index (χ1n) is 4.02. The van der Waals surface area contributed by atoms with Crippen molar-refractivity contribution < 1.29 is 0 Å². The summed E-state index contributed by atoms with van der Waals surface area (Å²) in [5.41, 5.74) is 1.51. The Labute approximate surface area is 80.9 Å². The summed E-state index contributed by atoms with van der Waals surface area (Å²) in [6.45, 7) is 0. The number of rotatable bonds is 1. The smallest absolute Gasteiger partial charge is 0.162 e. The number of hydrogen-bond acceptors (Lipinski definition) is 4. The highest BCUT2D eigenvalue weighted by molar-refractivity contribution is 5.55. The third kappa shape index (κ3) is 1.57. The first-order valence-corrected chi connectivity index (χ1v) is 4.02. The Balaban J connectivity index is 2.40. The molecule has 0 aliphatic rings. The fourth-order valence-electron chi connectivity index (χ4n) is 1.08. The first-order chi connectivity index (χ1) is 6.90. The fourth-order valence-corrected chi connectivity index (χ4v) is 1.08. The highest BCUT2D eigenvalue weighted by Crippen LogP contribution is 2.13. The van der Waals surface area contributed by atoms with Crippen molar-refractivity contribution in [2.75, 3.05) is 0 Å². The molecule has 0 fully saturated rings. The molecule has 0 saturated carbocycles. The van der Waals surface area contributed by atoms with Crippen LogP contribution in [0.4, 0.5) is 0 Å². The Morgan fingerprint density at radius 1 is 1.00 bits per heavy atom. The molecule has 0 aliphatic carbocycles. The van der Waals surface area contributed by atoms with Crippen molar-refractivity contribution in [2.24, 2.45) is 0 Å². The van der Waals surface area contributed by atoms with Gasteiger partial charge in [0, 0.05) is 5.56 Å². The Hall–Kier alpha value is -2.28. The predicted octanol–water partition coefficient (Wildman–Crippen LogP) is 1.41. The zero-order chi connectivity index (χ0) is 9.80. The van der Waals surface area contributed by atoms with E-state index in [1.165, 1.54) is 12.7 Å². The van der Waals surface area contributed by atoms with E-state index in [9.17, 15) is 0 Å². The van der Waals surface area contributed by atoms with E-state index >= 15 is 0 Å². The molecule has 0 saturated heterocycles. The van der Waals surface area contributed by atoms with Crippen LogP contribution in [0.5, 0.6) is 0 Å². The summed E-state index contributed by atoms with van der Waals surface area (Å²) >= 11 is 0. The van der Waals surface area contributed by atoms with Gasteiger partial charge in [0.05, 0.1) is 11.6 Å². The normalized spacial score (nSPS) is 9.36. The first kappa shape index (κ1) is 8.32. The summed E-state index contributed by atoms with van der Waals surface area (Å²) in [5, 5.41) is 8.61. The van der Waals surface area contributed by atoms with Gasteiger partial charge in [0.2, 0.25) is 0 Å². The second-order valence-electron chi connectivity index (χ2n) is 2.65. The summed E-state index contributed by atoms with van der Waals surface area (Å²) in [6.07, 6.45) is 2.89. The van der Waals surface area contributed by atoms with Crippen LogP contribution in [0.25, 0.3) is 11.4 Å². The quantitative estimate of drug-likeness (QED) is 0.668. The number of nitrogens with zero attached hydrogens (tertiary/aromatic N) is 4. The van der Waals surface area contributed by atoms with E-state index < -0.39 is 0 Å². The molecule has 0 unspecified atom stereocenters. The molecule has 2 rings (SSSR count). The summed E-state index contributed by atoms with van der Waals surface area (Å²) in [4.78, 5) is 11.7. The highest BCUT2D eigenvalue weighted by atomic mass is 15.0. The Morgan fingerprint density at radius 3 is 2.21 bits per heavy atom. The van der Waals surface area contributed by atoms with E-state index in [4.69, 9.17) is 5.26 Å². The van der Waals surface area contributed by atoms with Crippen LogP contribution in [0.1, 0.15) is 5.56 Å². The van der Waals surface area contributed by atoms with Gasteiger partial charge < -0.3 is 0 Å². The van der Waals surface area contributed by atoms with Gasteiger partial charge in [-0.2, -0.15) is 5.26 Å². The van der Waals surface area contributed by atoms with Crippen LogP contribution in [-0.2, 0) is 0 Å². The van der Waals surface area contributed by atoms with Crippen LogP contribution < -0.4 is 0 Å². The lowest BCUT2D eigenvalue weighted by molar-refractivity contribution is 1.06. The summed E-state index contributed by atoms with van der Waals surface area (Å²) in [7, 11) is 0. The van der Waals surface area contributed by atoms with Crippen LogP contribution in [0.2, 0.25) is 0 Å². The standard InChI is InChI=1S/C10H6N4/c11-5-8-1-3-9(4-2-8)10-13-6-12-7-14-10/h1-4,6-7H. The molecule has 4 heteroatoms. The minimum Gasteiger partial charge on any atom is -0.225 e.